The van der Waals surface area contributed by atoms with E-state index in [9.17, 15) is 9.59 Å². The number of ether oxygens (including phenoxy) is 1. The van der Waals surface area contributed by atoms with Crippen molar-refractivity contribution in [2.24, 2.45) is 0 Å². The Labute approximate surface area is 152 Å². The highest BCUT2D eigenvalue weighted by molar-refractivity contribution is 6.15. The molecule has 2 aliphatic rings. The van der Waals surface area contributed by atoms with Crippen LogP contribution in [-0.4, -0.2) is 17.4 Å². The topological polar surface area (TPSA) is 67.4 Å². The fourth-order valence-electron chi connectivity index (χ4n) is 3.69. The van der Waals surface area contributed by atoms with Crippen LogP contribution < -0.4 is 15.4 Å². The molecular weight excluding hydrogens is 328 g/mol. The minimum Gasteiger partial charge on any atom is -0.466 e. The number of amides is 2. The molecule has 0 aromatic heterocycles. The number of rotatable bonds is 2. The molecule has 0 saturated carbocycles. The van der Waals surface area contributed by atoms with E-state index in [1.165, 1.54) is 12.5 Å². The summed E-state index contributed by atoms with van der Waals surface area (Å²) in [6.07, 6.45) is 2.88. The maximum absolute atomic E-state index is 13.0. The average molecular weight is 350 g/mol. The highest BCUT2D eigenvalue weighted by atomic mass is 16.5. The quantitative estimate of drug-likeness (QED) is 0.817. The molecule has 2 N–H and O–H groups in total. The molecular formula is C21H22N2O3. The lowest BCUT2D eigenvalue weighted by atomic mass is 9.87. The molecule has 0 spiro atoms. The number of anilines is 1. The van der Waals surface area contributed by atoms with Gasteiger partial charge in [0.15, 0.2) is 0 Å². The second-order valence-electron chi connectivity index (χ2n) is 7.21. The van der Waals surface area contributed by atoms with Gasteiger partial charge >= 0.3 is 0 Å². The molecule has 5 nitrogen and oxygen atoms in total. The number of nitrogens with one attached hydrogen (secondary N) is 2. The normalized spacial score (nSPS) is 23.9. The largest absolute Gasteiger partial charge is 0.466 e. The van der Waals surface area contributed by atoms with Gasteiger partial charge in [-0.05, 0) is 61.9 Å². The molecule has 4 rings (SSSR count). The first-order chi connectivity index (χ1) is 12.5. The van der Waals surface area contributed by atoms with Crippen LogP contribution in [0.3, 0.4) is 0 Å². The molecule has 1 heterocycles. The minimum absolute atomic E-state index is 0.0971. The Kier molecular flexibility index (Phi) is 3.94. The molecule has 0 radical (unpaired) electrons. The molecule has 2 atom stereocenters. The highest BCUT2D eigenvalue weighted by Crippen LogP contribution is 2.35. The Morgan fingerprint density at radius 3 is 2.92 bits per heavy atom. The maximum Gasteiger partial charge on any atom is 0.278 e. The van der Waals surface area contributed by atoms with Gasteiger partial charge in [-0.3, -0.25) is 9.59 Å². The molecule has 5 heteroatoms. The summed E-state index contributed by atoms with van der Waals surface area (Å²) in [7, 11) is 0. The predicted molar refractivity (Wildman–Crippen MR) is 99.1 cm³/mol. The third-order valence-corrected chi connectivity index (χ3v) is 5.24. The van der Waals surface area contributed by atoms with Crippen molar-refractivity contribution in [1.29, 1.82) is 0 Å². The summed E-state index contributed by atoms with van der Waals surface area (Å²) in [4.78, 5) is 25.6. The first kappa shape index (κ1) is 16.6. The summed E-state index contributed by atoms with van der Waals surface area (Å²) in [5.74, 6) is -0.350. The van der Waals surface area contributed by atoms with Crippen molar-refractivity contribution in [1.82, 2.24) is 5.32 Å². The first-order valence-electron chi connectivity index (χ1n) is 8.97. The number of hydrogen-bond acceptors (Lipinski definition) is 3. The number of fused-ring (bicyclic) bond motifs is 2. The van der Waals surface area contributed by atoms with Crippen LogP contribution in [0.2, 0.25) is 0 Å². The van der Waals surface area contributed by atoms with E-state index in [2.05, 4.69) is 16.7 Å². The van der Waals surface area contributed by atoms with Crippen LogP contribution in [0.25, 0.3) is 0 Å². The van der Waals surface area contributed by atoms with E-state index < -0.39 is 17.4 Å². The molecule has 0 saturated heterocycles. The number of benzene rings is 2. The van der Waals surface area contributed by atoms with Gasteiger partial charge in [-0.15, -0.1) is 0 Å². The van der Waals surface area contributed by atoms with Gasteiger partial charge in [-0.2, -0.15) is 0 Å². The lowest BCUT2D eigenvalue weighted by Crippen LogP contribution is -2.59. The van der Waals surface area contributed by atoms with Gasteiger partial charge in [-0.1, -0.05) is 30.3 Å². The van der Waals surface area contributed by atoms with Gasteiger partial charge in [0.2, 0.25) is 0 Å². The van der Waals surface area contributed by atoms with Gasteiger partial charge in [0.05, 0.1) is 11.7 Å². The standard InChI is InChI=1S/C21H22N2O3/c1-13-10-11-18-17(12-13)23-20(25)21(2,26-18)19(24)22-16-9-5-7-14-6-3-4-8-15(14)16/h3-4,6,8,10-12,16H,5,7,9H2,1-2H3,(H,22,24)(H,23,25). The number of hydrogen-bond donors (Lipinski definition) is 2. The van der Waals surface area contributed by atoms with E-state index in [1.54, 1.807) is 6.07 Å². The van der Waals surface area contributed by atoms with Crippen molar-refractivity contribution in [2.45, 2.75) is 44.8 Å². The van der Waals surface area contributed by atoms with E-state index in [4.69, 9.17) is 4.74 Å². The Morgan fingerprint density at radius 1 is 1.27 bits per heavy atom. The van der Waals surface area contributed by atoms with Gasteiger partial charge in [-0.25, -0.2) is 0 Å². The van der Waals surface area contributed by atoms with Crippen molar-refractivity contribution in [3.63, 3.8) is 0 Å². The van der Waals surface area contributed by atoms with E-state index in [1.807, 2.05) is 37.3 Å². The summed E-state index contributed by atoms with van der Waals surface area (Å²) in [6.45, 7) is 3.46. The van der Waals surface area contributed by atoms with Gasteiger partial charge < -0.3 is 15.4 Å². The molecule has 0 fully saturated rings. The molecule has 2 amide bonds. The second-order valence-corrected chi connectivity index (χ2v) is 7.21. The highest BCUT2D eigenvalue weighted by Gasteiger charge is 2.48. The van der Waals surface area contributed by atoms with Crippen LogP contribution in [0.15, 0.2) is 42.5 Å². The monoisotopic (exact) mass is 350 g/mol. The van der Waals surface area contributed by atoms with E-state index in [0.29, 0.717) is 11.4 Å². The van der Waals surface area contributed by atoms with Crippen LogP contribution in [0, 0.1) is 6.92 Å². The summed E-state index contributed by atoms with van der Waals surface area (Å²) < 4.78 is 5.85. The van der Waals surface area contributed by atoms with Gasteiger partial charge in [0, 0.05) is 0 Å². The number of aryl methyl sites for hydroxylation is 2. The van der Waals surface area contributed by atoms with E-state index >= 15 is 0 Å². The third kappa shape index (κ3) is 2.73. The van der Waals surface area contributed by atoms with Gasteiger partial charge in [0.1, 0.15) is 5.75 Å². The van der Waals surface area contributed by atoms with Crippen LogP contribution >= 0.6 is 0 Å². The SMILES string of the molecule is Cc1ccc2c(c1)NC(=O)C(C)(C(=O)NC1CCCc3ccccc31)O2. The van der Waals surface area contributed by atoms with E-state index in [-0.39, 0.29) is 6.04 Å². The van der Waals surface area contributed by atoms with Gasteiger partial charge in [0.25, 0.3) is 17.4 Å². The zero-order valence-corrected chi connectivity index (χ0v) is 15.0. The summed E-state index contributed by atoms with van der Waals surface area (Å²) in [5.41, 5.74) is 2.41. The van der Waals surface area contributed by atoms with Crippen molar-refractivity contribution in [3.8, 4) is 5.75 Å². The molecule has 1 aliphatic heterocycles. The van der Waals surface area contributed by atoms with Crippen LogP contribution in [0.1, 0.15) is 42.5 Å². The molecule has 2 unspecified atom stereocenters. The molecule has 2 aromatic rings. The van der Waals surface area contributed by atoms with Crippen molar-refractivity contribution in [2.75, 3.05) is 5.32 Å². The number of carbonyl (C=O) groups excluding carboxylic acids is 2. The fraction of sp³-hybridized carbons (Fsp3) is 0.333. The summed E-state index contributed by atoms with van der Waals surface area (Å²) in [5, 5.41) is 5.84. The second kappa shape index (κ2) is 6.16. The van der Waals surface area contributed by atoms with Crippen molar-refractivity contribution in [3.05, 3.63) is 59.2 Å². The zero-order valence-electron chi connectivity index (χ0n) is 15.0. The van der Waals surface area contributed by atoms with Crippen molar-refractivity contribution < 1.29 is 14.3 Å². The Hall–Kier alpha value is -2.82. The predicted octanol–water partition coefficient (Wildman–Crippen LogP) is 3.28. The summed E-state index contributed by atoms with van der Waals surface area (Å²) >= 11 is 0. The lowest BCUT2D eigenvalue weighted by Gasteiger charge is -2.35. The molecule has 1 aliphatic carbocycles. The van der Waals surface area contributed by atoms with Crippen LogP contribution in [-0.2, 0) is 16.0 Å². The zero-order chi connectivity index (χ0) is 18.3. The Bertz CT molecular complexity index is 893. The lowest BCUT2D eigenvalue weighted by molar-refractivity contribution is -0.147. The number of carbonyl (C=O) groups is 2. The van der Waals surface area contributed by atoms with Crippen molar-refractivity contribution >= 4 is 17.5 Å². The van der Waals surface area contributed by atoms with Crippen LogP contribution in [0.5, 0.6) is 5.75 Å². The third-order valence-electron chi connectivity index (χ3n) is 5.24. The molecule has 2 aromatic carbocycles. The first-order valence-corrected chi connectivity index (χ1v) is 8.97. The molecule has 26 heavy (non-hydrogen) atoms. The fourth-order valence-corrected chi connectivity index (χ4v) is 3.69. The Balaban J connectivity index is 1.58. The molecule has 0 bridgehead atoms. The summed E-state index contributed by atoms with van der Waals surface area (Å²) in [6, 6.07) is 13.5. The maximum atomic E-state index is 13.0. The average Bonchev–Trinajstić information content (AvgIpc) is 2.63. The minimum atomic E-state index is -1.59. The smallest absolute Gasteiger partial charge is 0.278 e. The Morgan fingerprint density at radius 2 is 2.08 bits per heavy atom. The van der Waals surface area contributed by atoms with E-state index in [0.717, 1.165) is 30.4 Å². The molecule has 134 valence electrons. The van der Waals surface area contributed by atoms with Crippen LogP contribution in [0.4, 0.5) is 5.69 Å².